The highest BCUT2D eigenvalue weighted by Gasteiger charge is 2.33. The van der Waals surface area contributed by atoms with Crippen LogP contribution in [0.4, 0.5) is 5.69 Å². The highest BCUT2D eigenvalue weighted by molar-refractivity contribution is 7.92. The number of carbonyl (C=O) groups excluding carboxylic acids is 2. The second-order valence-electron chi connectivity index (χ2n) is 10.5. The molecular weight excluding hydrogens is 526 g/mol. The second-order valence-corrected chi connectivity index (χ2v) is 12.4. The van der Waals surface area contributed by atoms with Crippen molar-refractivity contribution in [3.05, 3.63) is 90.5 Å². The van der Waals surface area contributed by atoms with Crippen molar-refractivity contribution < 1.29 is 22.7 Å². The van der Waals surface area contributed by atoms with E-state index in [1.54, 1.807) is 49.4 Å². The number of nitrogens with one attached hydrogen (secondary N) is 1. The van der Waals surface area contributed by atoms with E-state index in [1.165, 1.54) is 17.0 Å². The minimum Gasteiger partial charge on any atom is -0.494 e. The molecule has 1 N–H and O–H groups in total. The highest BCUT2D eigenvalue weighted by atomic mass is 32.2. The molecule has 0 saturated heterocycles. The standard InChI is InChI=1S/C31H39N3O5S/c1-6-39-27-19-17-26(18-20-27)34(40(37,38)28-15-11-8-12-16-28)23-29(35)33(22-21-25-13-9-7-10-14-25)24(2)30(36)32-31(3,4)5/h7-20,24H,6,21-23H2,1-5H3,(H,32,36)/t24-/m1/s1. The van der Waals surface area contributed by atoms with Crippen LogP contribution in [0.5, 0.6) is 5.75 Å². The van der Waals surface area contributed by atoms with Crippen molar-refractivity contribution in [3.8, 4) is 5.75 Å². The third-order valence-corrected chi connectivity index (χ3v) is 7.98. The van der Waals surface area contributed by atoms with Gasteiger partial charge in [-0.1, -0.05) is 48.5 Å². The molecule has 0 saturated carbocycles. The van der Waals surface area contributed by atoms with Gasteiger partial charge in [-0.2, -0.15) is 0 Å². The van der Waals surface area contributed by atoms with Crippen LogP contribution >= 0.6 is 0 Å². The molecule has 214 valence electrons. The number of sulfonamides is 1. The van der Waals surface area contributed by atoms with Crippen molar-refractivity contribution in [3.63, 3.8) is 0 Å². The first-order chi connectivity index (χ1) is 18.9. The Morgan fingerprint density at radius 3 is 2.02 bits per heavy atom. The summed E-state index contributed by atoms with van der Waals surface area (Å²) in [5.41, 5.74) is 0.823. The van der Waals surface area contributed by atoms with E-state index >= 15 is 0 Å². The summed E-state index contributed by atoms with van der Waals surface area (Å²) in [6, 6.07) is 23.4. The molecule has 0 bridgehead atoms. The molecular formula is C31H39N3O5S. The summed E-state index contributed by atoms with van der Waals surface area (Å²) < 4.78 is 34.2. The van der Waals surface area contributed by atoms with Gasteiger partial charge < -0.3 is 15.0 Å². The SMILES string of the molecule is CCOc1ccc(N(CC(=O)N(CCc2ccccc2)[C@H](C)C(=O)NC(C)(C)C)S(=O)(=O)c2ccccc2)cc1. The Kier molecular flexibility index (Phi) is 10.3. The average Bonchev–Trinajstić information content (AvgIpc) is 2.92. The monoisotopic (exact) mass is 565 g/mol. The van der Waals surface area contributed by atoms with Gasteiger partial charge in [-0.25, -0.2) is 8.42 Å². The first kappa shape index (κ1) is 30.7. The summed E-state index contributed by atoms with van der Waals surface area (Å²) in [7, 11) is -4.11. The van der Waals surface area contributed by atoms with Crippen LogP contribution in [0.2, 0.25) is 0 Å². The highest BCUT2D eigenvalue weighted by Crippen LogP contribution is 2.26. The average molecular weight is 566 g/mol. The third-order valence-electron chi connectivity index (χ3n) is 6.20. The number of rotatable bonds is 12. The fourth-order valence-electron chi connectivity index (χ4n) is 4.17. The lowest BCUT2D eigenvalue weighted by molar-refractivity contribution is -0.139. The van der Waals surface area contributed by atoms with E-state index in [0.717, 1.165) is 9.87 Å². The van der Waals surface area contributed by atoms with Gasteiger partial charge in [0, 0.05) is 12.1 Å². The maximum Gasteiger partial charge on any atom is 0.264 e. The summed E-state index contributed by atoms with van der Waals surface area (Å²) >= 11 is 0. The molecule has 3 aromatic rings. The van der Waals surface area contributed by atoms with Crippen molar-refractivity contribution >= 4 is 27.5 Å². The zero-order chi connectivity index (χ0) is 29.3. The van der Waals surface area contributed by atoms with Gasteiger partial charge in [-0.05, 0) is 83.0 Å². The Balaban J connectivity index is 1.97. The van der Waals surface area contributed by atoms with Crippen LogP contribution in [-0.2, 0) is 26.0 Å². The van der Waals surface area contributed by atoms with Crippen molar-refractivity contribution in [1.82, 2.24) is 10.2 Å². The summed E-state index contributed by atoms with van der Waals surface area (Å²) in [4.78, 5) is 28.6. The predicted molar refractivity (Wildman–Crippen MR) is 158 cm³/mol. The Hall–Kier alpha value is -3.85. The van der Waals surface area contributed by atoms with Crippen LogP contribution < -0.4 is 14.4 Å². The van der Waals surface area contributed by atoms with Gasteiger partial charge in [-0.3, -0.25) is 13.9 Å². The van der Waals surface area contributed by atoms with E-state index in [9.17, 15) is 18.0 Å². The Labute approximate surface area is 238 Å². The van der Waals surface area contributed by atoms with Crippen molar-refractivity contribution in [2.45, 2.75) is 57.5 Å². The second kappa shape index (κ2) is 13.5. The molecule has 0 aromatic heterocycles. The quantitative estimate of drug-likeness (QED) is 0.345. The maximum atomic E-state index is 13.9. The van der Waals surface area contributed by atoms with E-state index < -0.39 is 34.1 Å². The normalized spacial score (nSPS) is 12.3. The minimum absolute atomic E-state index is 0.0612. The molecule has 2 amide bonds. The van der Waals surface area contributed by atoms with E-state index in [0.29, 0.717) is 24.5 Å². The van der Waals surface area contributed by atoms with Gasteiger partial charge in [0.15, 0.2) is 0 Å². The number of anilines is 1. The van der Waals surface area contributed by atoms with Crippen LogP contribution in [0.3, 0.4) is 0 Å². The molecule has 8 nitrogen and oxygen atoms in total. The van der Waals surface area contributed by atoms with E-state index in [4.69, 9.17) is 4.74 Å². The van der Waals surface area contributed by atoms with Crippen LogP contribution in [0.1, 0.15) is 40.2 Å². The summed E-state index contributed by atoms with van der Waals surface area (Å²) in [6.45, 7) is 9.36. The Morgan fingerprint density at radius 2 is 1.48 bits per heavy atom. The molecule has 0 heterocycles. The first-order valence-electron chi connectivity index (χ1n) is 13.4. The number of hydrogen-bond donors (Lipinski definition) is 1. The maximum absolute atomic E-state index is 13.9. The van der Waals surface area contributed by atoms with E-state index in [-0.39, 0.29) is 17.3 Å². The van der Waals surface area contributed by atoms with Gasteiger partial charge in [-0.15, -0.1) is 0 Å². The number of amides is 2. The molecule has 0 aliphatic rings. The number of nitrogens with zero attached hydrogens (tertiary/aromatic N) is 2. The zero-order valence-corrected chi connectivity index (χ0v) is 24.6. The van der Waals surface area contributed by atoms with Crippen molar-refractivity contribution in [2.24, 2.45) is 0 Å². The molecule has 1 atom stereocenters. The number of carbonyl (C=O) groups is 2. The smallest absolute Gasteiger partial charge is 0.264 e. The lowest BCUT2D eigenvalue weighted by Gasteiger charge is -2.33. The number of benzene rings is 3. The molecule has 0 radical (unpaired) electrons. The first-order valence-corrected chi connectivity index (χ1v) is 14.8. The lowest BCUT2D eigenvalue weighted by atomic mass is 10.1. The molecule has 0 aliphatic carbocycles. The van der Waals surface area contributed by atoms with Gasteiger partial charge in [0.1, 0.15) is 18.3 Å². The van der Waals surface area contributed by atoms with Gasteiger partial charge in [0.2, 0.25) is 11.8 Å². The molecule has 0 fully saturated rings. The summed E-state index contributed by atoms with van der Waals surface area (Å²) in [5.74, 6) is -0.208. The van der Waals surface area contributed by atoms with E-state index in [2.05, 4.69) is 5.32 Å². The summed E-state index contributed by atoms with van der Waals surface area (Å²) in [5, 5.41) is 2.93. The Morgan fingerprint density at radius 1 is 0.900 bits per heavy atom. The number of hydrogen-bond acceptors (Lipinski definition) is 5. The largest absolute Gasteiger partial charge is 0.494 e. The fraction of sp³-hybridized carbons (Fsp3) is 0.355. The molecule has 3 rings (SSSR count). The topological polar surface area (TPSA) is 96.0 Å². The number of ether oxygens (including phenoxy) is 1. The predicted octanol–water partition coefficient (Wildman–Crippen LogP) is 4.66. The van der Waals surface area contributed by atoms with Gasteiger partial charge in [0.05, 0.1) is 17.2 Å². The van der Waals surface area contributed by atoms with Crippen LogP contribution in [-0.4, -0.2) is 56.4 Å². The van der Waals surface area contributed by atoms with Crippen LogP contribution in [0, 0.1) is 0 Å². The molecule has 40 heavy (non-hydrogen) atoms. The zero-order valence-electron chi connectivity index (χ0n) is 23.8. The van der Waals surface area contributed by atoms with Crippen molar-refractivity contribution in [2.75, 3.05) is 24.0 Å². The van der Waals surface area contributed by atoms with E-state index in [1.807, 2.05) is 58.0 Å². The summed E-state index contributed by atoms with van der Waals surface area (Å²) in [6.07, 6.45) is 0.508. The fourth-order valence-corrected chi connectivity index (χ4v) is 5.60. The molecule has 9 heteroatoms. The van der Waals surface area contributed by atoms with Crippen molar-refractivity contribution in [1.29, 1.82) is 0 Å². The van der Waals surface area contributed by atoms with Crippen LogP contribution in [0.15, 0.2) is 89.8 Å². The molecule has 0 spiro atoms. The molecule has 3 aromatic carbocycles. The van der Waals surface area contributed by atoms with Gasteiger partial charge >= 0.3 is 0 Å². The minimum atomic E-state index is -4.11. The van der Waals surface area contributed by atoms with Crippen LogP contribution in [0.25, 0.3) is 0 Å². The lowest BCUT2D eigenvalue weighted by Crippen LogP contribution is -2.55. The third kappa shape index (κ3) is 8.32. The molecule has 0 aliphatic heterocycles. The molecule has 0 unspecified atom stereocenters. The van der Waals surface area contributed by atoms with Gasteiger partial charge in [0.25, 0.3) is 10.0 Å². The Bertz CT molecular complexity index is 1360.